The van der Waals surface area contributed by atoms with Crippen LogP contribution in [0.25, 0.3) is 0 Å². The van der Waals surface area contributed by atoms with Crippen LogP contribution in [-0.4, -0.2) is 49.8 Å². The quantitative estimate of drug-likeness (QED) is 0.630. The van der Waals surface area contributed by atoms with Crippen molar-refractivity contribution in [1.82, 2.24) is 10.3 Å². The lowest BCUT2D eigenvalue weighted by molar-refractivity contribution is 0.0949. The van der Waals surface area contributed by atoms with Crippen molar-refractivity contribution >= 4 is 28.2 Å². The van der Waals surface area contributed by atoms with Gasteiger partial charge in [0.05, 0.1) is 0 Å². The highest BCUT2D eigenvalue weighted by atomic mass is 32.1. The summed E-state index contributed by atoms with van der Waals surface area (Å²) in [7, 11) is 0. The first kappa shape index (κ1) is 16.0. The molecule has 0 aromatic carbocycles. The summed E-state index contributed by atoms with van der Waals surface area (Å²) in [5.41, 5.74) is 11.7. The molecule has 5 N–H and O–H groups in total. The first-order valence-corrected chi connectivity index (χ1v) is 8.06. The molecule has 118 valence electrons. The molecule has 0 saturated carbocycles. The van der Waals surface area contributed by atoms with Crippen LogP contribution >= 0.6 is 11.3 Å². The summed E-state index contributed by atoms with van der Waals surface area (Å²) in [5, 5.41) is 3.62. The van der Waals surface area contributed by atoms with Crippen molar-refractivity contribution in [3.63, 3.8) is 0 Å². The highest BCUT2D eigenvalue weighted by Gasteiger charge is 2.24. The molecule has 7 nitrogen and oxygen atoms in total. The number of hydrogen-bond donors (Lipinski definition) is 3. The summed E-state index contributed by atoms with van der Waals surface area (Å²) in [6.45, 7) is 5.48. The molecule has 2 heterocycles. The smallest absolute Gasteiger partial charge is 0.265 e. The number of amides is 1. The van der Waals surface area contributed by atoms with E-state index >= 15 is 0 Å². The third-order valence-electron chi connectivity index (χ3n) is 3.30. The van der Waals surface area contributed by atoms with Gasteiger partial charge in [0, 0.05) is 38.9 Å². The standard InChI is InChI=1S/C13H23N5O2S/c1-2-20-7-3-5-16-12(19)10-11(15)17-13(21-10)18-6-4-9(14)8-18/h9H,2-8,14-15H2,1H3,(H,16,19). The van der Waals surface area contributed by atoms with Gasteiger partial charge in [-0.15, -0.1) is 0 Å². The Morgan fingerprint density at radius 1 is 1.62 bits per heavy atom. The van der Waals surface area contributed by atoms with Gasteiger partial charge in [0.15, 0.2) is 5.13 Å². The first-order valence-electron chi connectivity index (χ1n) is 7.24. The van der Waals surface area contributed by atoms with Crippen molar-refractivity contribution < 1.29 is 9.53 Å². The van der Waals surface area contributed by atoms with E-state index in [4.69, 9.17) is 16.2 Å². The monoisotopic (exact) mass is 313 g/mol. The van der Waals surface area contributed by atoms with E-state index < -0.39 is 0 Å². The topological polar surface area (TPSA) is 106 Å². The predicted octanol–water partition coefficient (Wildman–Crippen LogP) is 0.419. The zero-order chi connectivity index (χ0) is 15.2. The molecule has 8 heteroatoms. The molecule has 0 bridgehead atoms. The molecule has 21 heavy (non-hydrogen) atoms. The minimum atomic E-state index is -0.170. The van der Waals surface area contributed by atoms with Gasteiger partial charge in [0.25, 0.3) is 5.91 Å². The molecule has 0 aliphatic carbocycles. The van der Waals surface area contributed by atoms with Crippen molar-refractivity contribution in [2.24, 2.45) is 5.73 Å². The maximum Gasteiger partial charge on any atom is 0.265 e. The van der Waals surface area contributed by atoms with Gasteiger partial charge in [-0.2, -0.15) is 0 Å². The Bertz CT molecular complexity index is 479. The average Bonchev–Trinajstić information content (AvgIpc) is 3.04. The third kappa shape index (κ3) is 4.29. The molecule has 0 spiro atoms. The van der Waals surface area contributed by atoms with Gasteiger partial charge >= 0.3 is 0 Å². The molecule has 1 aliphatic rings. The van der Waals surface area contributed by atoms with Gasteiger partial charge in [-0.1, -0.05) is 11.3 Å². The second-order valence-corrected chi connectivity index (χ2v) is 5.99. The van der Waals surface area contributed by atoms with Crippen LogP contribution in [0.4, 0.5) is 10.9 Å². The Hall–Kier alpha value is -1.38. The van der Waals surface area contributed by atoms with Crippen molar-refractivity contribution in [2.75, 3.05) is 43.5 Å². The predicted molar refractivity (Wildman–Crippen MR) is 84.8 cm³/mol. The zero-order valence-corrected chi connectivity index (χ0v) is 13.1. The number of thiazole rings is 1. The molecule has 0 radical (unpaired) electrons. The third-order valence-corrected chi connectivity index (χ3v) is 4.43. The lowest BCUT2D eigenvalue weighted by Gasteiger charge is -2.12. The number of nitrogen functional groups attached to an aromatic ring is 1. The van der Waals surface area contributed by atoms with Crippen LogP contribution in [0, 0.1) is 0 Å². The van der Waals surface area contributed by atoms with Crippen LogP contribution in [-0.2, 0) is 4.74 Å². The Balaban J connectivity index is 1.88. The first-order chi connectivity index (χ1) is 10.1. The summed E-state index contributed by atoms with van der Waals surface area (Å²) in [6.07, 6.45) is 1.73. The minimum Gasteiger partial charge on any atom is -0.382 e. The van der Waals surface area contributed by atoms with Gasteiger partial charge < -0.3 is 26.4 Å². The maximum absolute atomic E-state index is 12.1. The van der Waals surface area contributed by atoms with Crippen LogP contribution in [0.15, 0.2) is 0 Å². The SMILES string of the molecule is CCOCCCNC(=O)c1sc(N2CCC(N)C2)nc1N. The second kappa shape index (κ2) is 7.58. The fourth-order valence-corrected chi connectivity index (χ4v) is 3.12. The summed E-state index contributed by atoms with van der Waals surface area (Å²) < 4.78 is 5.22. The number of carbonyl (C=O) groups excluding carboxylic acids is 1. The molecule has 1 unspecified atom stereocenters. The molecule has 1 aliphatic heterocycles. The van der Waals surface area contributed by atoms with E-state index in [1.54, 1.807) is 0 Å². The van der Waals surface area contributed by atoms with E-state index in [1.807, 2.05) is 6.92 Å². The van der Waals surface area contributed by atoms with Crippen molar-refractivity contribution in [2.45, 2.75) is 25.8 Å². The van der Waals surface area contributed by atoms with Crippen LogP contribution < -0.4 is 21.7 Å². The summed E-state index contributed by atoms with van der Waals surface area (Å²) in [4.78, 5) is 18.9. The number of hydrogen-bond acceptors (Lipinski definition) is 7. The number of rotatable bonds is 7. The largest absolute Gasteiger partial charge is 0.382 e. The second-order valence-electron chi connectivity index (χ2n) is 5.01. The Kier molecular flexibility index (Phi) is 5.77. The number of aromatic nitrogens is 1. The van der Waals surface area contributed by atoms with E-state index in [1.165, 1.54) is 11.3 Å². The van der Waals surface area contributed by atoms with E-state index in [2.05, 4.69) is 15.2 Å². The molecule has 1 amide bonds. The minimum absolute atomic E-state index is 0.170. The number of nitrogens with one attached hydrogen (secondary N) is 1. The van der Waals surface area contributed by atoms with Crippen LogP contribution in [0.3, 0.4) is 0 Å². The van der Waals surface area contributed by atoms with E-state index in [9.17, 15) is 4.79 Å². The van der Waals surface area contributed by atoms with Gasteiger partial charge in [-0.3, -0.25) is 4.79 Å². The molecular formula is C13H23N5O2S. The fraction of sp³-hybridized carbons (Fsp3) is 0.692. The molecular weight excluding hydrogens is 290 g/mol. The van der Waals surface area contributed by atoms with Crippen LogP contribution in [0.1, 0.15) is 29.4 Å². The highest BCUT2D eigenvalue weighted by molar-refractivity contribution is 7.18. The summed E-state index contributed by atoms with van der Waals surface area (Å²) >= 11 is 1.33. The molecule has 1 saturated heterocycles. The summed E-state index contributed by atoms with van der Waals surface area (Å²) in [6, 6.07) is 0.172. The van der Waals surface area contributed by atoms with Crippen molar-refractivity contribution in [3.8, 4) is 0 Å². The van der Waals surface area contributed by atoms with Gasteiger partial charge in [0.2, 0.25) is 0 Å². The molecule has 1 aromatic heterocycles. The van der Waals surface area contributed by atoms with Crippen molar-refractivity contribution in [3.05, 3.63) is 4.88 Å². The van der Waals surface area contributed by atoms with E-state index in [-0.39, 0.29) is 17.8 Å². The number of carbonyl (C=O) groups is 1. The van der Waals surface area contributed by atoms with E-state index in [0.717, 1.165) is 31.1 Å². The average molecular weight is 313 g/mol. The number of nitrogens with zero attached hydrogens (tertiary/aromatic N) is 2. The number of anilines is 2. The Morgan fingerprint density at radius 2 is 2.43 bits per heavy atom. The van der Waals surface area contributed by atoms with Gasteiger partial charge in [-0.25, -0.2) is 4.98 Å². The number of nitrogens with two attached hydrogens (primary N) is 2. The normalized spacial score (nSPS) is 18.2. The number of ether oxygens (including phenoxy) is 1. The lowest BCUT2D eigenvalue weighted by Crippen LogP contribution is -2.26. The highest BCUT2D eigenvalue weighted by Crippen LogP contribution is 2.30. The van der Waals surface area contributed by atoms with Gasteiger partial charge in [0.1, 0.15) is 10.7 Å². The fourth-order valence-electron chi connectivity index (χ4n) is 2.18. The Morgan fingerprint density at radius 3 is 3.10 bits per heavy atom. The molecule has 1 fully saturated rings. The van der Waals surface area contributed by atoms with E-state index in [0.29, 0.717) is 24.6 Å². The Labute approximate surface area is 128 Å². The maximum atomic E-state index is 12.1. The molecule has 1 atom stereocenters. The zero-order valence-electron chi connectivity index (χ0n) is 12.3. The molecule has 1 aromatic rings. The van der Waals surface area contributed by atoms with Crippen LogP contribution in [0.5, 0.6) is 0 Å². The molecule has 2 rings (SSSR count). The lowest BCUT2D eigenvalue weighted by atomic mass is 10.3. The van der Waals surface area contributed by atoms with Crippen molar-refractivity contribution in [1.29, 1.82) is 0 Å². The van der Waals surface area contributed by atoms with Crippen LogP contribution in [0.2, 0.25) is 0 Å². The van der Waals surface area contributed by atoms with Gasteiger partial charge in [-0.05, 0) is 19.8 Å². The summed E-state index contributed by atoms with van der Waals surface area (Å²) in [5.74, 6) is 0.119.